The highest BCUT2D eigenvalue weighted by Crippen LogP contribution is 2.40. The Kier molecular flexibility index (Phi) is 4.66. The summed E-state index contributed by atoms with van der Waals surface area (Å²) in [6.45, 7) is 2.97. The van der Waals surface area contributed by atoms with Crippen molar-refractivity contribution in [2.24, 2.45) is 11.1 Å². The van der Waals surface area contributed by atoms with Crippen LogP contribution in [-0.4, -0.2) is 15.0 Å². The van der Waals surface area contributed by atoms with Crippen molar-refractivity contribution in [1.82, 2.24) is 4.72 Å². The third kappa shape index (κ3) is 3.18. The summed E-state index contributed by atoms with van der Waals surface area (Å²) in [5.41, 5.74) is 5.74. The van der Waals surface area contributed by atoms with E-state index in [2.05, 4.69) is 11.6 Å². The summed E-state index contributed by atoms with van der Waals surface area (Å²) < 4.78 is 27.4. The van der Waals surface area contributed by atoms with Gasteiger partial charge in [-0.05, 0) is 36.1 Å². The monoisotopic (exact) mass is 302 g/mol. The Morgan fingerprint density at radius 3 is 2.68 bits per heavy atom. The van der Waals surface area contributed by atoms with E-state index in [9.17, 15) is 8.42 Å². The van der Waals surface area contributed by atoms with Gasteiger partial charge in [0, 0.05) is 18.0 Å². The Labute approximate surface area is 119 Å². The van der Waals surface area contributed by atoms with Gasteiger partial charge < -0.3 is 5.73 Å². The lowest BCUT2D eigenvalue weighted by atomic mass is 9.84. The van der Waals surface area contributed by atoms with Crippen LogP contribution in [-0.2, 0) is 16.6 Å². The Morgan fingerprint density at radius 2 is 2.11 bits per heavy atom. The molecule has 0 bridgehead atoms. The number of nitrogens with two attached hydrogens (primary N) is 1. The zero-order valence-electron chi connectivity index (χ0n) is 11.3. The normalized spacial score (nSPS) is 18.8. The summed E-state index contributed by atoms with van der Waals surface area (Å²) in [7, 11) is -3.41. The molecule has 4 nitrogen and oxygen atoms in total. The molecule has 6 heteroatoms. The molecule has 1 aromatic heterocycles. The highest BCUT2D eigenvalue weighted by Gasteiger charge is 2.33. The molecule has 0 atom stereocenters. The fourth-order valence-electron chi connectivity index (χ4n) is 2.82. The molecule has 0 amide bonds. The van der Waals surface area contributed by atoms with Crippen LogP contribution in [0.4, 0.5) is 0 Å². The van der Waals surface area contributed by atoms with Gasteiger partial charge in [0.25, 0.3) is 0 Å². The van der Waals surface area contributed by atoms with Crippen molar-refractivity contribution in [2.45, 2.75) is 50.5 Å². The quantitative estimate of drug-likeness (QED) is 0.848. The summed E-state index contributed by atoms with van der Waals surface area (Å²) >= 11 is 1.40. The van der Waals surface area contributed by atoms with Gasteiger partial charge in [-0.15, -0.1) is 11.3 Å². The van der Waals surface area contributed by atoms with E-state index in [-0.39, 0.29) is 12.0 Å². The topological polar surface area (TPSA) is 72.2 Å². The molecule has 1 aromatic rings. The first kappa shape index (κ1) is 15.0. The number of sulfonamides is 1. The van der Waals surface area contributed by atoms with E-state index in [4.69, 9.17) is 5.73 Å². The Bertz CT molecular complexity index is 517. The number of rotatable bonds is 6. The van der Waals surface area contributed by atoms with Gasteiger partial charge in [0.1, 0.15) is 0 Å². The molecule has 0 radical (unpaired) electrons. The Morgan fingerprint density at radius 1 is 1.42 bits per heavy atom. The van der Waals surface area contributed by atoms with E-state index in [0.29, 0.717) is 11.4 Å². The fourth-order valence-corrected chi connectivity index (χ4v) is 5.31. The number of nitrogens with one attached hydrogen (secondary N) is 1. The minimum absolute atomic E-state index is 0.159. The first-order valence-corrected chi connectivity index (χ1v) is 9.15. The maximum Gasteiger partial charge on any atom is 0.241 e. The molecule has 19 heavy (non-hydrogen) atoms. The maximum atomic E-state index is 12.3. The van der Waals surface area contributed by atoms with Gasteiger partial charge in [-0.1, -0.05) is 19.8 Å². The van der Waals surface area contributed by atoms with Crippen molar-refractivity contribution in [3.05, 3.63) is 16.3 Å². The predicted octanol–water partition coefficient (Wildman–Crippen LogP) is 2.46. The Hall–Kier alpha value is -0.430. The minimum atomic E-state index is -3.41. The zero-order chi connectivity index (χ0) is 13.9. The summed E-state index contributed by atoms with van der Waals surface area (Å²) in [4.78, 5) is 1.08. The first-order chi connectivity index (χ1) is 9.03. The summed E-state index contributed by atoms with van der Waals surface area (Å²) in [6.07, 6.45) is 5.70. The summed E-state index contributed by atoms with van der Waals surface area (Å²) in [5.74, 6) is 0. The molecule has 2 rings (SSSR count). The molecule has 0 spiro atoms. The third-order valence-electron chi connectivity index (χ3n) is 4.23. The molecule has 1 heterocycles. The van der Waals surface area contributed by atoms with E-state index in [1.807, 2.05) is 0 Å². The van der Waals surface area contributed by atoms with Gasteiger partial charge in [-0.2, -0.15) is 0 Å². The zero-order valence-corrected chi connectivity index (χ0v) is 12.9. The van der Waals surface area contributed by atoms with Gasteiger partial charge in [0.2, 0.25) is 10.0 Å². The predicted molar refractivity (Wildman–Crippen MR) is 78.6 cm³/mol. The van der Waals surface area contributed by atoms with Crippen LogP contribution in [0.5, 0.6) is 0 Å². The van der Waals surface area contributed by atoms with Gasteiger partial charge >= 0.3 is 0 Å². The molecular formula is C13H22N2O2S2. The van der Waals surface area contributed by atoms with Crippen molar-refractivity contribution in [1.29, 1.82) is 0 Å². The van der Waals surface area contributed by atoms with Gasteiger partial charge in [0.05, 0.1) is 4.90 Å². The number of hydrogen-bond acceptors (Lipinski definition) is 4. The SMILES string of the molecule is CCC1(CNS(=O)(=O)c2ccsc2CN)CCCC1. The molecule has 0 unspecified atom stereocenters. The lowest BCUT2D eigenvalue weighted by Gasteiger charge is -2.27. The van der Waals surface area contributed by atoms with Crippen LogP contribution in [0.3, 0.4) is 0 Å². The van der Waals surface area contributed by atoms with Crippen LogP contribution in [0.1, 0.15) is 43.9 Å². The highest BCUT2D eigenvalue weighted by molar-refractivity contribution is 7.89. The lowest BCUT2D eigenvalue weighted by Crippen LogP contribution is -2.35. The van der Waals surface area contributed by atoms with Crippen LogP contribution in [0.25, 0.3) is 0 Å². The lowest BCUT2D eigenvalue weighted by molar-refractivity contribution is 0.285. The largest absolute Gasteiger partial charge is 0.326 e. The standard InChI is InChI=1S/C13H22N2O2S2/c1-2-13(6-3-4-7-13)10-15-19(16,17)12-5-8-18-11(12)9-14/h5,8,15H,2-4,6-7,9-10,14H2,1H3. The van der Waals surface area contributed by atoms with Gasteiger partial charge in [-0.3, -0.25) is 0 Å². The van der Waals surface area contributed by atoms with E-state index in [1.165, 1.54) is 24.2 Å². The first-order valence-electron chi connectivity index (χ1n) is 6.79. The molecule has 108 valence electrons. The van der Waals surface area contributed by atoms with E-state index in [0.717, 1.165) is 24.1 Å². The van der Waals surface area contributed by atoms with Crippen LogP contribution in [0.2, 0.25) is 0 Å². The molecular weight excluding hydrogens is 280 g/mol. The minimum Gasteiger partial charge on any atom is -0.326 e. The summed E-state index contributed by atoms with van der Waals surface area (Å²) in [6, 6.07) is 1.64. The van der Waals surface area contributed by atoms with Crippen LogP contribution < -0.4 is 10.5 Å². The second-order valence-corrected chi connectivity index (χ2v) is 8.03. The van der Waals surface area contributed by atoms with Crippen molar-refractivity contribution < 1.29 is 8.42 Å². The van der Waals surface area contributed by atoms with Crippen LogP contribution in [0.15, 0.2) is 16.3 Å². The molecule has 0 aliphatic heterocycles. The van der Waals surface area contributed by atoms with Crippen LogP contribution in [0, 0.1) is 5.41 Å². The molecule has 1 aliphatic rings. The second kappa shape index (κ2) is 5.91. The fraction of sp³-hybridized carbons (Fsp3) is 0.692. The van der Waals surface area contributed by atoms with Crippen molar-refractivity contribution >= 4 is 21.4 Å². The van der Waals surface area contributed by atoms with E-state index < -0.39 is 10.0 Å². The van der Waals surface area contributed by atoms with E-state index in [1.54, 1.807) is 11.4 Å². The Balaban J connectivity index is 2.10. The van der Waals surface area contributed by atoms with Crippen molar-refractivity contribution in [2.75, 3.05) is 6.54 Å². The number of hydrogen-bond donors (Lipinski definition) is 2. The highest BCUT2D eigenvalue weighted by atomic mass is 32.2. The van der Waals surface area contributed by atoms with E-state index >= 15 is 0 Å². The van der Waals surface area contributed by atoms with Crippen molar-refractivity contribution in [3.63, 3.8) is 0 Å². The second-order valence-electron chi connectivity index (χ2n) is 5.30. The molecule has 3 N–H and O–H groups in total. The molecule has 0 saturated heterocycles. The van der Waals surface area contributed by atoms with Crippen LogP contribution >= 0.6 is 11.3 Å². The smallest absolute Gasteiger partial charge is 0.241 e. The summed E-state index contributed by atoms with van der Waals surface area (Å²) in [5, 5.41) is 1.78. The molecule has 0 aromatic carbocycles. The number of thiophene rings is 1. The average Bonchev–Trinajstić information content (AvgIpc) is 3.06. The van der Waals surface area contributed by atoms with Crippen molar-refractivity contribution in [3.8, 4) is 0 Å². The molecule has 1 aliphatic carbocycles. The third-order valence-corrected chi connectivity index (χ3v) is 6.79. The molecule has 1 fully saturated rings. The van der Waals surface area contributed by atoms with Gasteiger partial charge in [-0.25, -0.2) is 13.1 Å². The van der Waals surface area contributed by atoms with Gasteiger partial charge in [0.15, 0.2) is 0 Å². The average molecular weight is 302 g/mol. The molecule has 1 saturated carbocycles. The maximum absolute atomic E-state index is 12.3.